The van der Waals surface area contributed by atoms with Crippen LogP contribution >= 0.6 is 0 Å². The van der Waals surface area contributed by atoms with Gasteiger partial charge < -0.3 is 5.11 Å². The highest BCUT2D eigenvalue weighted by Gasteiger charge is 2.50. The molecule has 0 saturated carbocycles. The molecule has 2 fully saturated rings. The molecule has 3 aromatic rings. The summed E-state index contributed by atoms with van der Waals surface area (Å²) in [6.45, 7) is 3.80. The lowest BCUT2D eigenvalue weighted by molar-refractivity contribution is -0.0553. The number of hydrogen-bond donors (Lipinski definition) is 1. The molecule has 2 aliphatic rings. The molecule has 0 radical (unpaired) electrons. The van der Waals surface area contributed by atoms with Crippen molar-refractivity contribution in [3.63, 3.8) is 0 Å². The van der Waals surface area contributed by atoms with Gasteiger partial charge in [-0.3, -0.25) is 4.90 Å². The highest BCUT2D eigenvalue weighted by atomic mass is 32.2. The molecule has 0 aromatic heterocycles. The van der Waals surface area contributed by atoms with E-state index in [0.717, 1.165) is 36.1 Å². The van der Waals surface area contributed by atoms with Crippen molar-refractivity contribution in [2.75, 3.05) is 26.2 Å². The van der Waals surface area contributed by atoms with Crippen LogP contribution < -0.4 is 0 Å². The number of nitrogens with zero attached hydrogens (tertiary/aromatic N) is 2. The van der Waals surface area contributed by atoms with E-state index in [1.807, 2.05) is 37.3 Å². The van der Waals surface area contributed by atoms with Crippen molar-refractivity contribution in [2.24, 2.45) is 0 Å². The average Bonchev–Trinajstić information content (AvgIpc) is 2.84. The van der Waals surface area contributed by atoms with Crippen LogP contribution in [0.5, 0.6) is 0 Å². The van der Waals surface area contributed by atoms with Gasteiger partial charge in [-0.25, -0.2) is 8.42 Å². The maximum atomic E-state index is 13.6. The van der Waals surface area contributed by atoms with Crippen molar-refractivity contribution >= 4 is 10.0 Å². The van der Waals surface area contributed by atoms with E-state index < -0.39 is 10.0 Å². The van der Waals surface area contributed by atoms with Crippen LogP contribution in [0.25, 0.3) is 11.1 Å². The van der Waals surface area contributed by atoms with Gasteiger partial charge in [0.15, 0.2) is 0 Å². The standard InChI is InChI=1S/C28H32N2O3S/c1-21-9-5-6-12-27(21)34(32,33)29-17-7-8-18-30-25(19-29)28(26(30)20-31)24-15-13-23(14-16-24)22-10-3-2-4-11-22/h2-6,9-16,25-26,28,31H,7-8,17-20H2,1H3/t25-,26-,28+/m0/s1. The first-order valence-corrected chi connectivity index (χ1v) is 13.5. The second-order valence-corrected chi connectivity index (χ2v) is 11.3. The monoisotopic (exact) mass is 476 g/mol. The van der Waals surface area contributed by atoms with E-state index in [4.69, 9.17) is 0 Å². The number of sulfonamides is 1. The second-order valence-electron chi connectivity index (χ2n) is 9.40. The number of rotatable bonds is 5. The van der Waals surface area contributed by atoms with Gasteiger partial charge in [0.25, 0.3) is 0 Å². The van der Waals surface area contributed by atoms with Crippen molar-refractivity contribution in [2.45, 2.75) is 42.7 Å². The zero-order chi connectivity index (χ0) is 23.7. The second kappa shape index (κ2) is 9.62. The van der Waals surface area contributed by atoms with Crippen LogP contribution in [0.3, 0.4) is 0 Å². The Balaban J connectivity index is 1.44. The quantitative estimate of drug-likeness (QED) is 0.597. The van der Waals surface area contributed by atoms with Gasteiger partial charge in [-0.05, 0) is 54.6 Å². The topological polar surface area (TPSA) is 60.9 Å². The van der Waals surface area contributed by atoms with E-state index in [1.165, 1.54) is 5.56 Å². The Morgan fingerprint density at radius 1 is 0.853 bits per heavy atom. The van der Waals surface area contributed by atoms with Crippen LogP contribution in [0.2, 0.25) is 0 Å². The van der Waals surface area contributed by atoms with Crippen LogP contribution in [-0.4, -0.2) is 61.1 Å². The summed E-state index contributed by atoms with van der Waals surface area (Å²) >= 11 is 0. The van der Waals surface area contributed by atoms with Crippen LogP contribution in [0.15, 0.2) is 83.8 Å². The van der Waals surface area contributed by atoms with E-state index in [1.54, 1.807) is 16.4 Å². The lowest BCUT2D eigenvalue weighted by Gasteiger charge is -2.57. The first-order valence-electron chi connectivity index (χ1n) is 12.1. The summed E-state index contributed by atoms with van der Waals surface area (Å²) in [5.41, 5.74) is 4.26. The summed E-state index contributed by atoms with van der Waals surface area (Å²) in [6.07, 6.45) is 1.75. The van der Waals surface area contributed by atoms with Crippen molar-refractivity contribution in [3.05, 3.63) is 90.0 Å². The Morgan fingerprint density at radius 2 is 1.50 bits per heavy atom. The molecule has 3 aromatic carbocycles. The molecule has 0 amide bonds. The normalized spacial score (nSPS) is 24.0. The Hall–Kier alpha value is -2.51. The predicted octanol–water partition coefficient (Wildman–Crippen LogP) is 4.28. The SMILES string of the molecule is Cc1ccccc1S(=O)(=O)N1CCCCN2[C@@H](CO)[C@H](c3ccc(-c4ccccc4)cc3)[C@@H]2C1. The summed E-state index contributed by atoms with van der Waals surface area (Å²) in [5.74, 6) is 0.0995. The number of aliphatic hydroxyl groups excluding tert-OH is 1. The summed E-state index contributed by atoms with van der Waals surface area (Å²) in [7, 11) is -3.58. The first kappa shape index (κ1) is 23.2. The van der Waals surface area contributed by atoms with Gasteiger partial charge in [0.1, 0.15) is 0 Å². The highest BCUT2D eigenvalue weighted by Crippen LogP contribution is 2.43. The van der Waals surface area contributed by atoms with E-state index in [0.29, 0.717) is 18.0 Å². The molecule has 2 saturated heterocycles. The van der Waals surface area contributed by atoms with Crippen molar-refractivity contribution in [1.82, 2.24) is 9.21 Å². The van der Waals surface area contributed by atoms with Gasteiger partial charge in [0.2, 0.25) is 10.0 Å². The summed E-state index contributed by atoms with van der Waals surface area (Å²) in [4.78, 5) is 2.71. The largest absolute Gasteiger partial charge is 0.395 e. The van der Waals surface area contributed by atoms with E-state index in [2.05, 4.69) is 41.3 Å². The fraction of sp³-hybridized carbons (Fsp3) is 0.357. The summed E-state index contributed by atoms with van der Waals surface area (Å²) < 4.78 is 28.9. The highest BCUT2D eigenvalue weighted by molar-refractivity contribution is 7.89. The molecule has 0 aliphatic carbocycles. The molecule has 5 rings (SSSR count). The molecule has 3 atom stereocenters. The minimum absolute atomic E-state index is 0.0219. The maximum Gasteiger partial charge on any atom is 0.243 e. The van der Waals surface area contributed by atoms with Gasteiger partial charge in [-0.15, -0.1) is 0 Å². The van der Waals surface area contributed by atoms with Crippen LogP contribution in [0, 0.1) is 6.92 Å². The summed E-state index contributed by atoms with van der Waals surface area (Å²) in [5, 5.41) is 10.2. The lowest BCUT2D eigenvalue weighted by atomic mass is 9.74. The minimum Gasteiger partial charge on any atom is -0.395 e. The van der Waals surface area contributed by atoms with Crippen LogP contribution in [0.1, 0.15) is 29.9 Å². The maximum absolute atomic E-state index is 13.6. The minimum atomic E-state index is -3.58. The smallest absolute Gasteiger partial charge is 0.243 e. The Labute approximate surface area is 202 Å². The molecular weight excluding hydrogens is 444 g/mol. The zero-order valence-electron chi connectivity index (χ0n) is 19.5. The molecule has 34 heavy (non-hydrogen) atoms. The molecule has 2 aliphatic heterocycles. The molecule has 1 N–H and O–H groups in total. The molecule has 0 unspecified atom stereocenters. The van der Waals surface area contributed by atoms with Gasteiger partial charge in [-0.2, -0.15) is 4.31 Å². The average molecular weight is 477 g/mol. The third kappa shape index (κ3) is 4.20. The summed E-state index contributed by atoms with van der Waals surface area (Å²) in [6, 6.07) is 26.1. The number of benzene rings is 3. The third-order valence-electron chi connectivity index (χ3n) is 7.45. The van der Waals surface area contributed by atoms with Crippen LogP contribution in [-0.2, 0) is 10.0 Å². The predicted molar refractivity (Wildman–Crippen MR) is 135 cm³/mol. The van der Waals surface area contributed by atoms with Gasteiger partial charge >= 0.3 is 0 Å². The molecule has 0 bridgehead atoms. The Bertz CT molecular complexity index is 1230. The van der Waals surface area contributed by atoms with E-state index in [-0.39, 0.29) is 24.6 Å². The Morgan fingerprint density at radius 3 is 2.21 bits per heavy atom. The van der Waals surface area contributed by atoms with Crippen molar-refractivity contribution in [1.29, 1.82) is 0 Å². The molecule has 5 nitrogen and oxygen atoms in total. The zero-order valence-corrected chi connectivity index (χ0v) is 20.4. The lowest BCUT2D eigenvalue weighted by Crippen LogP contribution is -2.67. The number of hydrogen-bond acceptors (Lipinski definition) is 4. The van der Waals surface area contributed by atoms with E-state index >= 15 is 0 Å². The number of fused-ring (bicyclic) bond motifs is 1. The molecule has 2 heterocycles. The Kier molecular flexibility index (Phi) is 6.58. The van der Waals surface area contributed by atoms with Gasteiger partial charge in [-0.1, -0.05) is 72.8 Å². The van der Waals surface area contributed by atoms with Crippen LogP contribution in [0.4, 0.5) is 0 Å². The first-order chi connectivity index (χ1) is 16.5. The van der Waals surface area contributed by atoms with Gasteiger partial charge in [0.05, 0.1) is 11.5 Å². The third-order valence-corrected chi connectivity index (χ3v) is 9.47. The van der Waals surface area contributed by atoms with Crippen molar-refractivity contribution in [3.8, 4) is 11.1 Å². The van der Waals surface area contributed by atoms with E-state index in [9.17, 15) is 13.5 Å². The van der Waals surface area contributed by atoms with Crippen molar-refractivity contribution < 1.29 is 13.5 Å². The number of aliphatic hydroxyl groups is 1. The molecular formula is C28H32N2O3S. The molecule has 6 heteroatoms. The molecule has 0 spiro atoms. The number of aryl methyl sites for hydroxylation is 1. The fourth-order valence-corrected chi connectivity index (χ4v) is 7.36. The fourth-order valence-electron chi connectivity index (χ4n) is 5.64. The molecule has 178 valence electrons. The van der Waals surface area contributed by atoms with Gasteiger partial charge in [0, 0.05) is 31.1 Å².